The topological polar surface area (TPSA) is 57.8 Å². The molecule has 0 bridgehead atoms. The van der Waals surface area contributed by atoms with Crippen LogP contribution in [-0.2, 0) is 4.79 Å². The standard InChI is InChI=1S/C12H19N3O/c1-12(2)6-4-3-5-10(12)11(16)15-9-7-13-14-8-9/h7-8,10H,3-6H2,1-2H3,(H,13,14)(H,15,16). The Hall–Kier alpha value is -1.32. The van der Waals surface area contributed by atoms with Crippen molar-refractivity contribution >= 4 is 11.6 Å². The maximum Gasteiger partial charge on any atom is 0.228 e. The van der Waals surface area contributed by atoms with E-state index in [1.54, 1.807) is 12.4 Å². The van der Waals surface area contributed by atoms with Crippen molar-refractivity contribution in [1.82, 2.24) is 10.2 Å². The van der Waals surface area contributed by atoms with Crippen molar-refractivity contribution in [2.24, 2.45) is 11.3 Å². The third-order valence-electron chi connectivity index (χ3n) is 3.59. The van der Waals surface area contributed by atoms with Crippen molar-refractivity contribution < 1.29 is 4.79 Å². The zero-order valence-corrected chi connectivity index (χ0v) is 9.92. The fraction of sp³-hybridized carbons (Fsp3) is 0.667. The summed E-state index contributed by atoms with van der Waals surface area (Å²) in [7, 11) is 0. The fourth-order valence-electron chi connectivity index (χ4n) is 2.53. The van der Waals surface area contributed by atoms with Gasteiger partial charge in [-0.1, -0.05) is 26.7 Å². The molecule has 2 N–H and O–H groups in total. The summed E-state index contributed by atoms with van der Waals surface area (Å²) in [6.07, 6.45) is 7.87. The Kier molecular flexibility index (Phi) is 2.99. The second kappa shape index (κ2) is 4.28. The fourth-order valence-corrected chi connectivity index (χ4v) is 2.53. The van der Waals surface area contributed by atoms with Crippen molar-refractivity contribution in [2.75, 3.05) is 5.32 Å². The smallest absolute Gasteiger partial charge is 0.228 e. The van der Waals surface area contributed by atoms with Crippen LogP contribution in [-0.4, -0.2) is 16.1 Å². The number of carbonyl (C=O) groups excluding carboxylic acids is 1. The maximum atomic E-state index is 12.1. The van der Waals surface area contributed by atoms with E-state index in [1.165, 1.54) is 6.42 Å². The van der Waals surface area contributed by atoms with Gasteiger partial charge in [0.15, 0.2) is 0 Å². The quantitative estimate of drug-likeness (QED) is 0.806. The van der Waals surface area contributed by atoms with Gasteiger partial charge in [0.05, 0.1) is 11.9 Å². The molecule has 1 atom stereocenters. The van der Waals surface area contributed by atoms with E-state index in [0.717, 1.165) is 24.9 Å². The molecule has 4 heteroatoms. The lowest BCUT2D eigenvalue weighted by Gasteiger charge is -2.37. The number of anilines is 1. The number of nitrogens with one attached hydrogen (secondary N) is 2. The highest BCUT2D eigenvalue weighted by atomic mass is 16.1. The van der Waals surface area contributed by atoms with Gasteiger partial charge in [0.25, 0.3) is 0 Å². The van der Waals surface area contributed by atoms with Gasteiger partial charge < -0.3 is 5.32 Å². The average Bonchev–Trinajstić information content (AvgIpc) is 2.69. The summed E-state index contributed by atoms with van der Waals surface area (Å²) in [5.41, 5.74) is 0.873. The van der Waals surface area contributed by atoms with Crippen LogP contribution in [0.3, 0.4) is 0 Å². The molecule has 0 aromatic carbocycles. The van der Waals surface area contributed by atoms with Gasteiger partial charge in [0.1, 0.15) is 0 Å². The highest BCUT2D eigenvalue weighted by Gasteiger charge is 2.37. The number of amides is 1. The van der Waals surface area contributed by atoms with E-state index in [-0.39, 0.29) is 17.2 Å². The summed E-state index contributed by atoms with van der Waals surface area (Å²) < 4.78 is 0. The third kappa shape index (κ3) is 2.26. The Morgan fingerprint density at radius 3 is 3.00 bits per heavy atom. The summed E-state index contributed by atoms with van der Waals surface area (Å²) in [5, 5.41) is 9.43. The molecule has 1 aliphatic carbocycles. The Labute approximate surface area is 95.8 Å². The summed E-state index contributed by atoms with van der Waals surface area (Å²) >= 11 is 0. The minimum atomic E-state index is 0.117. The molecule has 1 aromatic rings. The minimum Gasteiger partial charge on any atom is -0.323 e. The Morgan fingerprint density at radius 2 is 2.38 bits per heavy atom. The number of aromatic nitrogens is 2. The van der Waals surface area contributed by atoms with Gasteiger partial charge in [0, 0.05) is 12.1 Å². The first-order valence-corrected chi connectivity index (χ1v) is 5.89. The lowest BCUT2D eigenvalue weighted by molar-refractivity contribution is -0.124. The number of hydrogen-bond donors (Lipinski definition) is 2. The van der Waals surface area contributed by atoms with E-state index in [4.69, 9.17) is 0 Å². The van der Waals surface area contributed by atoms with Crippen molar-refractivity contribution in [3.8, 4) is 0 Å². The predicted octanol–water partition coefficient (Wildman–Crippen LogP) is 2.56. The Bertz CT molecular complexity index is 356. The van der Waals surface area contributed by atoms with Crippen LogP contribution in [0.5, 0.6) is 0 Å². The van der Waals surface area contributed by atoms with Gasteiger partial charge in [-0.2, -0.15) is 5.10 Å². The Balaban J connectivity index is 2.03. The SMILES string of the molecule is CC1(C)CCCCC1C(=O)Nc1cn[nH]c1. The van der Waals surface area contributed by atoms with Crippen molar-refractivity contribution in [2.45, 2.75) is 39.5 Å². The molecule has 0 aliphatic heterocycles. The van der Waals surface area contributed by atoms with Gasteiger partial charge in [-0.15, -0.1) is 0 Å². The molecule has 0 saturated heterocycles. The van der Waals surface area contributed by atoms with E-state index in [0.29, 0.717) is 0 Å². The average molecular weight is 221 g/mol. The van der Waals surface area contributed by atoms with Gasteiger partial charge in [-0.25, -0.2) is 0 Å². The van der Waals surface area contributed by atoms with Crippen LogP contribution in [0.25, 0.3) is 0 Å². The number of carbonyl (C=O) groups is 1. The molecular formula is C12H19N3O. The van der Waals surface area contributed by atoms with Gasteiger partial charge in [0.2, 0.25) is 5.91 Å². The normalized spacial score (nSPS) is 24.0. The van der Waals surface area contributed by atoms with Gasteiger partial charge >= 0.3 is 0 Å². The van der Waals surface area contributed by atoms with Crippen LogP contribution < -0.4 is 5.32 Å². The molecule has 1 amide bonds. The molecule has 1 heterocycles. The maximum absolute atomic E-state index is 12.1. The predicted molar refractivity (Wildman–Crippen MR) is 63.0 cm³/mol. The minimum absolute atomic E-state index is 0.117. The molecule has 88 valence electrons. The lowest BCUT2D eigenvalue weighted by Crippen LogP contribution is -2.37. The molecule has 1 aliphatic rings. The van der Waals surface area contributed by atoms with E-state index in [9.17, 15) is 4.79 Å². The summed E-state index contributed by atoms with van der Waals surface area (Å²) in [5.74, 6) is 0.252. The second-order valence-electron chi connectivity index (χ2n) is 5.26. The van der Waals surface area contributed by atoms with Crippen LogP contribution >= 0.6 is 0 Å². The van der Waals surface area contributed by atoms with Crippen LogP contribution in [0, 0.1) is 11.3 Å². The first-order chi connectivity index (χ1) is 7.59. The van der Waals surface area contributed by atoms with Gasteiger partial charge in [-0.3, -0.25) is 9.89 Å². The van der Waals surface area contributed by atoms with E-state index >= 15 is 0 Å². The molecule has 1 aromatic heterocycles. The summed E-state index contributed by atoms with van der Waals surface area (Å²) in [6, 6.07) is 0. The van der Waals surface area contributed by atoms with Crippen LogP contribution in [0.4, 0.5) is 5.69 Å². The van der Waals surface area contributed by atoms with Gasteiger partial charge in [-0.05, 0) is 18.3 Å². The molecule has 1 fully saturated rings. The molecule has 2 rings (SSSR count). The molecule has 1 saturated carbocycles. The molecule has 0 radical (unpaired) electrons. The monoisotopic (exact) mass is 221 g/mol. The molecule has 0 spiro atoms. The first-order valence-electron chi connectivity index (χ1n) is 5.89. The van der Waals surface area contributed by atoms with Crippen LogP contribution in [0.15, 0.2) is 12.4 Å². The largest absolute Gasteiger partial charge is 0.323 e. The third-order valence-corrected chi connectivity index (χ3v) is 3.59. The van der Waals surface area contributed by atoms with E-state index in [1.807, 2.05) is 0 Å². The molecule has 4 nitrogen and oxygen atoms in total. The lowest BCUT2D eigenvalue weighted by atomic mass is 9.68. The molecular weight excluding hydrogens is 202 g/mol. The van der Waals surface area contributed by atoms with Crippen molar-refractivity contribution in [3.05, 3.63) is 12.4 Å². The van der Waals surface area contributed by atoms with Crippen molar-refractivity contribution in [1.29, 1.82) is 0 Å². The summed E-state index contributed by atoms with van der Waals surface area (Å²) in [4.78, 5) is 12.1. The highest BCUT2D eigenvalue weighted by Crippen LogP contribution is 2.40. The molecule has 16 heavy (non-hydrogen) atoms. The molecule has 1 unspecified atom stereocenters. The number of H-pyrrole nitrogens is 1. The zero-order chi connectivity index (χ0) is 11.6. The number of hydrogen-bond acceptors (Lipinski definition) is 2. The highest BCUT2D eigenvalue weighted by molar-refractivity contribution is 5.92. The van der Waals surface area contributed by atoms with E-state index < -0.39 is 0 Å². The van der Waals surface area contributed by atoms with E-state index in [2.05, 4.69) is 29.4 Å². The second-order valence-corrected chi connectivity index (χ2v) is 5.26. The number of rotatable bonds is 2. The first kappa shape index (κ1) is 11.2. The number of nitrogens with zero attached hydrogens (tertiary/aromatic N) is 1. The van der Waals surface area contributed by atoms with Crippen molar-refractivity contribution in [3.63, 3.8) is 0 Å². The summed E-state index contributed by atoms with van der Waals surface area (Å²) in [6.45, 7) is 4.37. The Morgan fingerprint density at radius 1 is 1.56 bits per heavy atom. The van der Waals surface area contributed by atoms with Crippen LogP contribution in [0.1, 0.15) is 39.5 Å². The number of aromatic amines is 1. The zero-order valence-electron chi connectivity index (χ0n) is 9.92. The van der Waals surface area contributed by atoms with Crippen LogP contribution in [0.2, 0.25) is 0 Å².